The normalized spacial score (nSPS) is 11.5. The molecule has 0 saturated carbocycles. The van der Waals surface area contributed by atoms with Crippen molar-refractivity contribution < 1.29 is 0 Å². The highest BCUT2D eigenvalue weighted by atomic mass is 32.1. The summed E-state index contributed by atoms with van der Waals surface area (Å²) < 4.78 is 3.48. The molecular formula is C46H29N5S. The zero-order chi connectivity index (χ0) is 34.4. The quantitative estimate of drug-likeness (QED) is 0.175. The lowest BCUT2D eigenvalue weighted by Crippen LogP contribution is -2.04. The molecule has 5 heterocycles. The van der Waals surface area contributed by atoms with Gasteiger partial charge in [-0.2, -0.15) is 0 Å². The Bertz CT molecular complexity index is 2870. The minimum Gasteiger partial charge on any atom is -0.278 e. The third kappa shape index (κ3) is 5.08. The fourth-order valence-electron chi connectivity index (χ4n) is 7.24. The summed E-state index contributed by atoms with van der Waals surface area (Å²) >= 11 is 1.86. The van der Waals surface area contributed by atoms with E-state index in [4.69, 9.17) is 9.97 Å². The number of hydrogen-bond donors (Lipinski definition) is 0. The van der Waals surface area contributed by atoms with Crippen molar-refractivity contribution in [3.05, 3.63) is 176 Å². The van der Waals surface area contributed by atoms with Crippen molar-refractivity contribution in [2.24, 2.45) is 0 Å². The Morgan fingerprint density at radius 2 is 0.981 bits per heavy atom. The van der Waals surface area contributed by atoms with E-state index in [0.29, 0.717) is 5.95 Å². The van der Waals surface area contributed by atoms with Gasteiger partial charge in [-0.25, -0.2) is 9.97 Å². The van der Waals surface area contributed by atoms with Gasteiger partial charge in [0.15, 0.2) is 0 Å². The van der Waals surface area contributed by atoms with Gasteiger partial charge in [0.25, 0.3) is 0 Å². The van der Waals surface area contributed by atoms with Crippen molar-refractivity contribution in [1.29, 1.82) is 0 Å². The predicted molar refractivity (Wildman–Crippen MR) is 215 cm³/mol. The number of rotatable bonds is 6. The van der Waals surface area contributed by atoms with E-state index in [-0.39, 0.29) is 0 Å². The molecule has 244 valence electrons. The molecule has 5 nitrogen and oxygen atoms in total. The molecule has 0 bridgehead atoms. The Morgan fingerprint density at radius 1 is 0.423 bits per heavy atom. The highest BCUT2D eigenvalue weighted by Crippen LogP contribution is 2.49. The molecule has 6 heteroatoms. The Morgan fingerprint density at radius 3 is 1.67 bits per heavy atom. The van der Waals surface area contributed by atoms with E-state index < -0.39 is 0 Å². The molecule has 0 aliphatic heterocycles. The van der Waals surface area contributed by atoms with Crippen LogP contribution in [0.4, 0.5) is 0 Å². The van der Waals surface area contributed by atoms with Gasteiger partial charge in [0, 0.05) is 67.2 Å². The molecule has 10 aromatic rings. The minimum absolute atomic E-state index is 0.621. The lowest BCUT2D eigenvalue weighted by atomic mass is 9.98. The van der Waals surface area contributed by atoms with Crippen molar-refractivity contribution in [3.8, 4) is 61.2 Å². The van der Waals surface area contributed by atoms with Crippen molar-refractivity contribution in [3.63, 3.8) is 0 Å². The molecule has 0 saturated heterocycles. The number of nitrogens with zero attached hydrogens (tertiary/aromatic N) is 5. The molecule has 10 rings (SSSR count). The maximum Gasteiger partial charge on any atom is 0.235 e. The van der Waals surface area contributed by atoms with E-state index in [2.05, 4.69) is 142 Å². The molecule has 0 spiro atoms. The second-order valence-corrected chi connectivity index (χ2v) is 13.7. The number of hydrogen-bond acceptors (Lipinski definition) is 5. The average molecular weight is 684 g/mol. The maximum absolute atomic E-state index is 5.30. The molecule has 0 aliphatic rings. The third-order valence-electron chi connectivity index (χ3n) is 9.67. The second kappa shape index (κ2) is 12.5. The first kappa shape index (κ1) is 30.1. The summed E-state index contributed by atoms with van der Waals surface area (Å²) in [7, 11) is 0. The van der Waals surface area contributed by atoms with Gasteiger partial charge in [0.05, 0.1) is 22.4 Å². The van der Waals surface area contributed by atoms with Crippen LogP contribution in [0.1, 0.15) is 0 Å². The lowest BCUT2D eigenvalue weighted by Gasteiger charge is -2.12. The number of fused-ring (bicyclic) bond motifs is 5. The molecule has 0 atom stereocenters. The largest absolute Gasteiger partial charge is 0.278 e. The topological polar surface area (TPSA) is 56.5 Å². The molecule has 0 N–H and O–H groups in total. The SMILES string of the molecule is c1ccc(-c2sc3c(ccc4c3c3ccccc3n4-c3nc(-c4ccncc4)cc(-c4ccc(-c5ccncc5)cc4)n3)c2-c2ccccc2)cc1. The standard InChI is InChI=1S/C46H29N5S/c1-3-9-34(10-4-1)42-37-19-20-41-43(45(37)52-44(42)35-11-5-2-6-12-35)36-13-7-8-14-40(36)51(41)46-49-38(29-39(50-46)33-23-27-48-28-24-33)32-17-15-30(16-18-32)31-21-25-47-26-22-31/h1-29H. The summed E-state index contributed by atoms with van der Waals surface area (Å²) in [6.07, 6.45) is 7.26. The predicted octanol–water partition coefficient (Wildman–Crippen LogP) is 11.9. The summed E-state index contributed by atoms with van der Waals surface area (Å²) in [6, 6.07) is 53.3. The average Bonchev–Trinajstić information content (AvgIpc) is 3.79. The number of pyridine rings is 2. The third-order valence-corrected chi connectivity index (χ3v) is 10.9. The molecule has 0 radical (unpaired) electrons. The molecule has 0 unspecified atom stereocenters. The molecule has 5 aromatic carbocycles. The summed E-state index contributed by atoms with van der Waals surface area (Å²) in [5.41, 5.74) is 11.7. The lowest BCUT2D eigenvalue weighted by molar-refractivity contribution is 0.995. The van der Waals surface area contributed by atoms with Crippen LogP contribution in [0.15, 0.2) is 176 Å². The van der Waals surface area contributed by atoms with Gasteiger partial charge in [0.1, 0.15) is 0 Å². The zero-order valence-electron chi connectivity index (χ0n) is 27.9. The van der Waals surface area contributed by atoms with Crippen LogP contribution in [0.5, 0.6) is 0 Å². The van der Waals surface area contributed by atoms with Crippen LogP contribution in [0.25, 0.3) is 93.0 Å². The first-order valence-corrected chi connectivity index (χ1v) is 18.0. The Labute approximate surface area is 304 Å². The summed E-state index contributed by atoms with van der Waals surface area (Å²) in [4.78, 5) is 20.3. The van der Waals surface area contributed by atoms with Crippen LogP contribution in [0.3, 0.4) is 0 Å². The fourth-order valence-corrected chi connectivity index (χ4v) is 8.62. The van der Waals surface area contributed by atoms with Crippen LogP contribution in [0, 0.1) is 0 Å². The van der Waals surface area contributed by atoms with Gasteiger partial charge in [-0.3, -0.25) is 14.5 Å². The van der Waals surface area contributed by atoms with Crippen LogP contribution < -0.4 is 0 Å². The van der Waals surface area contributed by atoms with Crippen molar-refractivity contribution in [2.75, 3.05) is 0 Å². The van der Waals surface area contributed by atoms with E-state index in [1.165, 1.54) is 42.4 Å². The Hall–Kier alpha value is -6.76. The van der Waals surface area contributed by atoms with Gasteiger partial charge < -0.3 is 0 Å². The van der Waals surface area contributed by atoms with Gasteiger partial charge in [-0.15, -0.1) is 11.3 Å². The minimum atomic E-state index is 0.621. The van der Waals surface area contributed by atoms with Crippen molar-refractivity contribution >= 4 is 43.2 Å². The van der Waals surface area contributed by atoms with Crippen LogP contribution in [-0.4, -0.2) is 24.5 Å². The van der Waals surface area contributed by atoms with Crippen LogP contribution in [-0.2, 0) is 0 Å². The molecule has 0 aliphatic carbocycles. The highest BCUT2D eigenvalue weighted by molar-refractivity contribution is 7.24. The van der Waals surface area contributed by atoms with Gasteiger partial charge >= 0.3 is 0 Å². The van der Waals surface area contributed by atoms with Crippen molar-refractivity contribution in [2.45, 2.75) is 0 Å². The number of aromatic nitrogens is 5. The van der Waals surface area contributed by atoms with Gasteiger partial charge in [-0.1, -0.05) is 109 Å². The van der Waals surface area contributed by atoms with Crippen LogP contribution >= 0.6 is 11.3 Å². The first-order chi connectivity index (χ1) is 25.8. The Kier molecular flexibility index (Phi) is 7.25. The number of thiophene rings is 1. The molecular weight excluding hydrogens is 655 g/mol. The second-order valence-electron chi connectivity index (χ2n) is 12.7. The Balaban J connectivity index is 1.23. The molecule has 0 amide bonds. The summed E-state index contributed by atoms with van der Waals surface area (Å²) in [6.45, 7) is 0. The van der Waals surface area contributed by atoms with E-state index in [1.54, 1.807) is 0 Å². The van der Waals surface area contributed by atoms with E-state index in [0.717, 1.165) is 44.7 Å². The summed E-state index contributed by atoms with van der Waals surface area (Å²) in [5, 5.41) is 3.62. The maximum atomic E-state index is 5.30. The number of benzene rings is 5. The molecule has 52 heavy (non-hydrogen) atoms. The van der Waals surface area contributed by atoms with E-state index in [9.17, 15) is 0 Å². The van der Waals surface area contributed by atoms with Gasteiger partial charge in [0.2, 0.25) is 5.95 Å². The van der Waals surface area contributed by atoms with E-state index in [1.807, 2.05) is 60.4 Å². The monoisotopic (exact) mass is 683 g/mol. The van der Waals surface area contributed by atoms with Gasteiger partial charge in [-0.05, 0) is 64.7 Å². The molecule has 0 fully saturated rings. The fraction of sp³-hybridized carbons (Fsp3) is 0. The molecule has 5 aromatic heterocycles. The van der Waals surface area contributed by atoms with Crippen LogP contribution in [0.2, 0.25) is 0 Å². The van der Waals surface area contributed by atoms with E-state index >= 15 is 0 Å². The smallest absolute Gasteiger partial charge is 0.235 e. The zero-order valence-corrected chi connectivity index (χ0v) is 28.7. The summed E-state index contributed by atoms with van der Waals surface area (Å²) in [5.74, 6) is 0.621. The highest BCUT2D eigenvalue weighted by Gasteiger charge is 2.23. The number of para-hydroxylation sites is 1. The first-order valence-electron chi connectivity index (χ1n) is 17.2. The van der Waals surface area contributed by atoms with Crippen molar-refractivity contribution in [1.82, 2.24) is 24.5 Å².